The van der Waals surface area contributed by atoms with Gasteiger partial charge in [0, 0.05) is 17.3 Å². The molecule has 6 aliphatic carbocycles. The molecule has 0 bridgehead atoms. The molecular weight excluding hydrogens is 456 g/mol. The Morgan fingerprint density at radius 2 is 1.66 bits per heavy atom. The molecule has 0 radical (unpaired) electrons. The summed E-state index contributed by atoms with van der Waals surface area (Å²) in [6.07, 6.45) is 15.8. The smallest absolute Gasteiger partial charge is 0.0196 e. The third-order valence-corrected chi connectivity index (χ3v) is 10.9. The van der Waals surface area contributed by atoms with Crippen LogP contribution in [0.3, 0.4) is 0 Å². The van der Waals surface area contributed by atoms with Gasteiger partial charge in [-0.15, -0.1) is 0 Å². The van der Waals surface area contributed by atoms with E-state index in [-0.39, 0.29) is 10.8 Å². The second-order valence-corrected chi connectivity index (χ2v) is 13.3. The summed E-state index contributed by atoms with van der Waals surface area (Å²) in [7, 11) is 0. The summed E-state index contributed by atoms with van der Waals surface area (Å²) >= 11 is 0. The Bertz CT molecular complexity index is 1830. The Balaban J connectivity index is 1.40. The zero-order chi connectivity index (χ0) is 25.6. The highest BCUT2D eigenvalue weighted by Gasteiger charge is 2.55. The molecule has 0 saturated carbocycles. The number of rotatable bonds is 1. The van der Waals surface area contributed by atoms with Crippen LogP contribution in [0.15, 0.2) is 119 Å². The van der Waals surface area contributed by atoms with Crippen LogP contribution in [0.4, 0.5) is 0 Å². The summed E-state index contributed by atoms with van der Waals surface area (Å²) in [5.41, 5.74) is 17.0. The van der Waals surface area contributed by atoms with Gasteiger partial charge in [-0.25, -0.2) is 0 Å². The molecule has 0 nitrogen and oxygen atoms in total. The first-order chi connectivity index (χ1) is 18.4. The van der Waals surface area contributed by atoms with Gasteiger partial charge < -0.3 is 0 Å². The van der Waals surface area contributed by atoms with Gasteiger partial charge in [-0.3, -0.25) is 0 Å². The molecule has 0 heteroatoms. The van der Waals surface area contributed by atoms with E-state index in [1.54, 1.807) is 39.0 Å². The Morgan fingerprint density at radius 1 is 0.842 bits per heavy atom. The summed E-state index contributed by atoms with van der Waals surface area (Å²) in [6, 6.07) is 20.7. The molecule has 3 unspecified atom stereocenters. The standard InChI is InChI=1S/C38H32/c1-37(2)28-19-25(27-14-8-10-21-9-5-6-13-26(21)27)20-29-34(28)36-31(38(29,3)4)18-24-16-15-22-11-7-12-23-17-30(37)35(36)33(24)32(22)23/h5-17,19-20,22,31-32H,18H2,1-4H3. The van der Waals surface area contributed by atoms with Gasteiger partial charge in [0.1, 0.15) is 0 Å². The minimum absolute atomic E-state index is 0.0619. The first kappa shape index (κ1) is 21.3. The molecule has 38 heavy (non-hydrogen) atoms. The van der Waals surface area contributed by atoms with Crippen LogP contribution < -0.4 is 0 Å². The van der Waals surface area contributed by atoms with Crippen molar-refractivity contribution >= 4 is 16.3 Å². The van der Waals surface area contributed by atoms with Gasteiger partial charge in [-0.05, 0) is 102 Å². The first-order valence-corrected chi connectivity index (χ1v) is 14.3. The van der Waals surface area contributed by atoms with Gasteiger partial charge in [0.15, 0.2) is 0 Å². The zero-order valence-corrected chi connectivity index (χ0v) is 22.6. The third kappa shape index (κ3) is 2.35. The van der Waals surface area contributed by atoms with Crippen molar-refractivity contribution in [2.45, 2.75) is 44.9 Å². The lowest BCUT2D eigenvalue weighted by atomic mass is 9.54. The normalized spacial score (nSPS) is 27.9. The van der Waals surface area contributed by atoms with Crippen molar-refractivity contribution in [2.75, 3.05) is 0 Å². The number of allylic oxidation sites excluding steroid dienone is 12. The Kier molecular flexibility index (Phi) is 3.74. The van der Waals surface area contributed by atoms with E-state index in [9.17, 15) is 0 Å². The Morgan fingerprint density at radius 3 is 2.55 bits per heavy atom. The van der Waals surface area contributed by atoms with E-state index < -0.39 is 0 Å². The van der Waals surface area contributed by atoms with E-state index in [0.717, 1.165) is 6.42 Å². The summed E-state index contributed by atoms with van der Waals surface area (Å²) < 4.78 is 0. The van der Waals surface area contributed by atoms with Crippen molar-refractivity contribution in [2.24, 2.45) is 17.8 Å². The van der Waals surface area contributed by atoms with Crippen molar-refractivity contribution in [3.05, 3.63) is 136 Å². The van der Waals surface area contributed by atoms with E-state index in [1.165, 1.54) is 33.0 Å². The molecule has 0 aliphatic heterocycles. The quantitative estimate of drug-likeness (QED) is 0.320. The molecule has 6 aliphatic rings. The van der Waals surface area contributed by atoms with E-state index in [4.69, 9.17) is 0 Å². The highest BCUT2D eigenvalue weighted by atomic mass is 14.6. The fourth-order valence-electron chi connectivity index (χ4n) is 8.89. The van der Waals surface area contributed by atoms with Crippen LogP contribution in [-0.4, -0.2) is 0 Å². The molecule has 3 aromatic rings. The highest BCUT2D eigenvalue weighted by Crippen LogP contribution is 2.67. The minimum atomic E-state index is -0.0619. The zero-order valence-electron chi connectivity index (χ0n) is 22.6. The van der Waals surface area contributed by atoms with Crippen LogP contribution in [0.2, 0.25) is 0 Å². The van der Waals surface area contributed by atoms with Crippen LogP contribution >= 0.6 is 0 Å². The monoisotopic (exact) mass is 488 g/mol. The molecule has 0 spiro atoms. The van der Waals surface area contributed by atoms with Gasteiger partial charge in [-0.1, -0.05) is 107 Å². The van der Waals surface area contributed by atoms with Crippen LogP contribution in [-0.2, 0) is 10.8 Å². The average molecular weight is 489 g/mol. The first-order valence-electron chi connectivity index (χ1n) is 14.3. The molecule has 0 amide bonds. The molecular formula is C38H32. The van der Waals surface area contributed by atoms with E-state index in [0.29, 0.717) is 17.8 Å². The summed E-state index contributed by atoms with van der Waals surface area (Å²) in [6.45, 7) is 9.99. The second-order valence-electron chi connectivity index (χ2n) is 13.3. The summed E-state index contributed by atoms with van der Waals surface area (Å²) in [5, 5.41) is 2.66. The highest BCUT2D eigenvalue weighted by molar-refractivity contribution is 6.00. The van der Waals surface area contributed by atoms with Crippen LogP contribution in [0.1, 0.15) is 50.8 Å². The lowest BCUT2D eigenvalue weighted by Crippen LogP contribution is -2.38. The molecule has 0 heterocycles. The Hall–Kier alpha value is -3.64. The van der Waals surface area contributed by atoms with Crippen molar-refractivity contribution in [1.82, 2.24) is 0 Å². The minimum Gasteiger partial charge on any atom is -0.0767 e. The van der Waals surface area contributed by atoms with E-state index in [2.05, 4.69) is 119 Å². The van der Waals surface area contributed by atoms with Crippen LogP contribution in [0.25, 0.3) is 27.5 Å². The summed E-state index contributed by atoms with van der Waals surface area (Å²) in [5.74, 6) is 1.51. The van der Waals surface area contributed by atoms with Crippen LogP contribution in [0, 0.1) is 17.8 Å². The molecule has 0 saturated heterocycles. The van der Waals surface area contributed by atoms with E-state index >= 15 is 0 Å². The number of hydrogen-bond donors (Lipinski definition) is 0. The molecule has 3 aromatic carbocycles. The average Bonchev–Trinajstić information content (AvgIpc) is 3.16. The predicted molar refractivity (Wildman–Crippen MR) is 159 cm³/mol. The van der Waals surface area contributed by atoms with E-state index in [1.807, 2.05) is 0 Å². The lowest BCUT2D eigenvalue weighted by Gasteiger charge is -2.49. The fraction of sp³-hybridized carbons (Fsp3) is 0.263. The number of fused-ring (bicyclic) bond motifs is 1. The van der Waals surface area contributed by atoms with Crippen LogP contribution in [0.5, 0.6) is 0 Å². The molecule has 0 fully saturated rings. The van der Waals surface area contributed by atoms with Crippen molar-refractivity contribution < 1.29 is 0 Å². The molecule has 0 N–H and O–H groups in total. The van der Waals surface area contributed by atoms with Gasteiger partial charge in [0.25, 0.3) is 0 Å². The molecule has 9 rings (SSSR count). The molecule has 184 valence electrons. The molecule has 3 atom stereocenters. The topological polar surface area (TPSA) is 0 Å². The predicted octanol–water partition coefficient (Wildman–Crippen LogP) is 9.40. The second kappa shape index (κ2) is 6.67. The number of benzene rings is 3. The third-order valence-electron chi connectivity index (χ3n) is 10.9. The summed E-state index contributed by atoms with van der Waals surface area (Å²) in [4.78, 5) is 0. The van der Waals surface area contributed by atoms with Crippen molar-refractivity contribution in [3.8, 4) is 11.1 Å². The maximum atomic E-state index is 2.59. The SMILES string of the molecule is CC1(C)C2=CC3=CC=CC4C=CC5=C(C2=C2c6c1cc(-c1cccc7ccccc17)cc6C(C)(C)C2C5)C34. The van der Waals surface area contributed by atoms with Gasteiger partial charge >= 0.3 is 0 Å². The largest absolute Gasteiger partial charge is 0.0767 e. The molecule has 0 aromatic heterocycles. The maximum Gasteiger partial charge on any atom is 0.0196 e. The lowest BCUT2D eigenvalue weighted by molar-refractivity contribution is 0.402. The van der Waals surface area contributed by atoms with Gasteiger partial charge in [0.2, 0.25) is 0 Å². The fourth-order valence-corrected chi connectivity index (χ4v) is 8.89. The van der Waals surface area contributed by atoms with Gasteiger partial charge in [-0.2, -0.15) is 0 Å². The van der Waals surface area contributed by atoms with Crippen molar-refractivity contribution in [3.63, 3.8) is 0 Å². The van der Waals surface area contributed by atoms with Crippen molar-refractivity contribution in [1.29, 1.82) is 0 Å². The van der Waals surface area contributed by atoms with Gasteiger partial charge in [0.05, 0.1) is 0 Å². The maximum absolute atomic E-state index is 2.59. The Labute approximate surface area is 225 Å². The number of hydrogen-bond acceptors (Lipinski definition) is 0.